The van der Waals surface area contributed by atoms with E-state index in [1.165, 1.54) is 0 Å². The molecule has 0 aromatic heterocycles. The van der Waals surface area contributed by atoms with E-state index in [2.05, 4.69) is 11.9 Å². The van der Waals surface area contributed by atoms with Crippen LogP contribution in [-0.4, -0.2) is 18.8 Å². The quantitative estimate of drug-likeness (QED) is 0.550. The van der Waals surface area contributed by atoms with E-state index in [0.717, 1.165) is 18.5 Å². The summed E-state index contributed by atoms with van der Waals surface area (Å²) in [5, 5.41) is 0. The van der Waals surface area contributed by atoms with Gasteiger partial charge in [-0.2, -0.15) is 0 Å². The molecule has 0 aliphatic rings. The minimum atomic E-state index is -0.268. The van der Waals surface area contributed by atoms with Crippen LogP contribution in [0.3, 0.4) is 0 Å². The second kappa shape index (κ2) is 8.78. The van der Waals surface area contributed by atoms with Crippen molar-refractivity contribution in [3.63, 3.8) is 0 Å². The van der Waals surface area contributed by atoms with Crippen LogP contribution in [0, 0.1) is 5.92 Å². The molecule has 0 radical (unpaired) electrons. The molecule has 2 aromatic rings. The van der Waals surface area contributed by atoms with Gasteiger partial charge >= 0.3 is 5.97 Å². The summed E-state index contributed by atoms with van der Waals surface area (Å²) in [7, 11) is 0. The molecule has 0 heterocycles. The van der Waals surface area contributed by atoms with Crippen molar-refractivity contribution in [3.05, 3.63) is 66.2 Å². The maximum Gasteiger partial charge on any atom is 0.338 e. The molecule has 0 aliphatic carbocycles. The Balaban J connectivity index is 1.79. The lowest BCUT2D eigenvalue weighted by Crippen LogP contribution is -2.10. The summed E-state index contributed by atoms with van der Waals surface area (Å²) >= 11 is 0. The van der Waals surface area contributed by atoms with E-state index in [9.17, 15) is 4.79 Å². The Bertz CT molecular complexity index is 593. The van der Waals surface area contributed by atoms with Crippen LogP contribution in [0.1, 0.15) is 30.1 Å². The highest BCUT2D eigenvalue weighted by atomic mass is 16.5. The lowest BCUT2D eigenvalue weighted by Gasteiger charge is -2.10. The molecular weight excluding hydrogens is 274 g/mol. The predicted octanol–water partition coefficient (Wildman–Crippen LogP) is 4.66. The SMILES string of the molecule is CCC(C=Nc1ccccc1)CCOC(=O)c1ccccc1. The Morgan fingerprint density at radius 3 is 2.36 bits per heavy atom. The summed E-state index contributed by atoms with van der Waals surface area (Å²) in [6.07, 6.45) is 3.70. The predicted molar refractivity (Wildman–Crippen MR) is 89.7 cm³/mol. The highest BCUT2D eigenvalue weighted by Gasteiger charge is 2.08. The van der Waals surface area contributed by atoms with Gasteiger partial charge in [0.25, 0.3) is 0 Å². The van der Waals surface area contributed by atoms with Crippen molar-refractivity contribution in [2.45, 2.75) is 19.8 Å². The molecule has 1 atom stereocenters. The molecule has 3 nitrogen and oxygen atoms in total. The normalized spacial score (nSPS) is 12.2. The molecule has 0 amide bonds. The van der Waals surface area contributed by atoms with Crippen molar-refractivity contribution in [2.24, 2.45) is 10.9 Å². The zero-order chi connectivity index (χ0) is 15.6. The van der Waals surface area contributed by atoms with Gasteiger partial charge in [-0.1, -0.05) is 43.3 Å². The van der Waals surface area contributed by atoms with Gasteiger partial charge in [0.1, 0.15) is 0 Å². The van der Waals surface area contributed by atoms with E-state index < -0.39 is 0 Å². The first-order valence-corrected chi connectivity index (χ1v) is 7.61. The second-order valence-corrected chi connectivity index (χ2v) is 5.07. The summed E-state index contributed by atoms with van der Waals surface area (Å²) < 4.78 is 5.31. The van der Waals surface area contributed by atoms with Gasteiger partial charge in [0.15, 0.2) is 0 Å². The summed E-state index contributed by atoms with van der Waals surface area (Å²) in [6.45, 7) is 2.52. The molecule has 3 heteroatoms. The molecule has 0 bridgehead atoms. The van der Waals surface area contributed by atoms with Crippen LogP contribution >= 0.6 is 0 Å². The van der Waals surface area contributed by atoms with Crippen LogP contribution in [0.2, 0.25) is 0 Å². The van der Waals surface area contributed by atoms with Crippen molar-refractivity contribution in [1.29, 1.82) is 0 Å². The third kappa shape index (κ3) is 5.17. The Kier molecular flexibility index (Phi) is 6.37. The Hall–Kier alpha value is -2.42. The van der Waals surface area contributed by atoms with Crippen LogP contribution in [0.4, 0.5) is 5.69 Å². The van der Waals surface area contributed by atoms with Crippen LogP contribution in [0.5, 0.6) is 0 Å². The lowest BCUT2D eigenvalue weighted by atomic mass is 10.0. The highest BCUT2D eigenvalue weighted by Crippen LogP contribution is 2.13. The molecule has 0 saturated carbocycles. The van der Waals surface area contributed by atoms with E-state index in [-0.39, 0.29) is 5.97 Å². The van der Waals surface area contributed by atoms with Gasteiger partial charge in [-0.05, 0) is 43.0 Å². The standard InChI is InChI=1S/C19H21NO2/c1-2-16(15-20-18-11-7-4-8-12-18)13-14-22-19(21)17-9-5-3-6-10-17/h3-12,15-16H,2,13-14H2,1H3. The molecule has 0 aliphatic heterocycles. The van der Waals surface area contributed by atoms with Crippen LogP contribution < -0.4 is 0 Å². The lowest BCUT2D eigenvalue weighted by molar-refractivity contribution is 0.0491. The van der Waals surface area contributed by atoms with Gasteiger partial charge < -0.3 is 4.74 Å². The monoisotopic (exact) mass is 295 g/mol. The Labute approximate surface area is 131 Å². The first-order valence-electron chi connectivity index (χ1n) is 7.61. The van der Waals surface area contributed by atoms with Gasteiger partial charge in [0, 0.05) is 6.21 Å². The van der Waals surface area contributed by atoms with E-state index >= 15 is 0 Å². The highest BCUT2D eigenvalue weighted by molar-refractivity contribution is 5.89. The maximum absolute atomic E-state index is 11.8. The number of ether oxygens (including phenoxy) is 1. The van der Waals surface area contributed by atoms with Crippen LogP contribution in [-0.2, 0) is 4.74 Å². The molecule has 0 N–H and O–H groups in total. The molecule has 2 aromatic carbocycles. The largest absolute Gasteiger partial charge is 0.462 e. The number of nitrogens with zero attached hydrogens (tertiary/aromatic N) is 1. The minimum Gasteiger partial charge on any atom is -0.462 e. The molecule has 114 valence electrons. The fraction of sp³-hybridized carbons (Fsp3) is 0.263. The van der Waals surface area contributed by atoms with Gasteiger partial charge in [0.2, 0.25) is 0 Å². The summed E-state index contributed by atoms with van der Waals surface area (Å²) in [6, 6.07) is 18.9. The zero-order valence-corrected chi connectivity index (χ0v) is 12.8. The number of carbonyl (C=O) groups excluding carboxylic acids is 1. The molecule has 22 heavy (non-hydrogen) atoms. The molecule has 1 unspecified atom stereocenters. The summed E-state index contributed by atoms with van der Waals surface area (Å²) in [5.74, 6) is 0.0410. The number of benzene rings is 2. The summed E-state index contributed by atoms with van der Waals surface area (Å²) in [4.78, 5) is 16.3. The number of aliphatic imine (C=N–C) groups is 1. The van der Waals surface area contributed by atoms with Crippen molar-refractivity contribution in [3.8, 4) is 0 Å². The molecule has 2 rings (SSSR count). The van der Waals surface area contributed by atoms with E-state index in [1.807, 2.05) is 54.7 Å². The fourth-order valence-corrected chi connectivity index (χ4v) is 2.05. The fourth-order valence-electron chi connectivity index (χ4n) is 2.05. The van der Waals surface area contributed by atoms with Crippen molar-refractivity contribution < 1.29 is 9.53 Å². The smallest absolute Gasteiger partial charge is 0.338 e. The first kappa shape index (κ1) is 16.0. The summed E-state index contributed by atoms with van der Waals surface area (Å²) in [5.41, 5.74) is 1.54. The van der Waals surface area contributed by atoms with Gasteiger partial charge in [0.05, 0.1) is 17.9 Å². The second-order valence-electron chi connectivity index (χ2n) is 5.07. The third-order valence-corrected chi connectivity index (χ3v) is 3.45. The Morgan fingerprint density at radius 2 is 1.73 bits per heavy atom. The number of rotatable bonds is 7. The number of hydrogen-bond donors (Lipinski definition) is 0. The number of esters is 1. The van der Waals surface area contributed by atoms with E-state index in [4.69, 9.17) is 4.74 Å². The van der Waals surface area contributed by atoms with Gasteiger partial charge in [-0.3, -0.25) is 4.99 Å². The first-order chi connectivity index (χ1) is 10.8. The third-order valence-electron chi connectivity index (χ3n) is 3.45. The minimum absolute atomic E-state index is 0.268. The molecule has 0 spiro atoms. The van der Waals surface area contributed by atoms with Crippen molar-refractivity contribution >= 4 is 17.9 Å². The number of carbonyl (C=O) groups is 1. The van der Waals surface area contributed by atoms with Crippen LogP contribution in [0.15, 0.2) is 65.7 Å². The average molecular weight is 295 g/mol. The van der Waals surface area contributed by atoms with Gasteiger partial charge in [-0.25, -0.2) is 4.79 Å². The molecule has 0 saturated heterocycles. The molecular formula is C19H21NO2. The molecule has 0 fully saturated rings. The van der Waals surface area contributed by atoms with Crippen molar-refractivity contribution in [2.75, 3.05) is 6.61 Å². The van der Waals surface area contributed by atoms with E-state index in [0.29, 0.717) is 18.1 Å². The van der Waals surface area contributed by atoms with E-state index in [1.54, 1.807) is 12.1 Å². The zero-order valence-electron chi connectivity index (χ0n) is 12.8. The van der Waals surface area contributed by atoms with Gasteiger partial charge in [-0.15, -0.1) is 0 Å². The maximum atomic E-state index is 11.8. The topological polar surface area (TPSA) is 38.7 Å². The van der Waals surface area contributed by atoms with Crippen LogP contribution in [0.25, 0.3) is 0 Å². The number of para-hydroxylation sites is 1. The average Bonchev–Trinajstić information content (AvgIpc) is 2.59. The Morgan fingerprint density at radius 1 is 1.09 bits per heavy atom. The number of hydrogen-bond acceptors (Lipinski definition) is 3. The van der Waals surface area contributed by atoms with Crippen molar-refractivity contribution in [1.82, 2.24) is 0 Å².